The van der Waals surface area contributed by atoms with Crippen LogP contribution in [0.1, 0.15) is 102 Å². The molecule has 3 nitrogen and oxygen atoms in total. The lowest BCUT2D eigenvalue weighted by molar-refractivity contribution is -0.140. The van der Waals surface area contributed by atoms with Gasteiger partial charge in [0.25, 0.3) is 0 Å². The predicted octanol–water partition coefficient (Wildman–Crippen LogP) is 8.25. The third kappa shape index (κ3) is 9.56. The SMILES string of the molecule is CCCCCCCCCC[C@H]1CC[C@H](C(=O)Oc2ccc(CCc3ccc(F)cc3)nc2)CC1. The van der Waals surface area contributed by atoms with E-state index in [2.05, 4.69) is 11.9 Å². The van der Waals surface area contributed by atoms with Crippen LogP contribution in [0.2, 0.25) is 0 Å². The highest BCUT2D eigenvalue weighted by Gasteiger charge is 2.27. The normalized spacial score (nSPS) is 18.1. The van der Waals surface area contributed by atoms with Gasteiger partial charge in [0.1, 0.15) is 11.6 Å². The van der Waals surface area contributed by atoms with Crippen LogP contribution in [-0.2, 0) is 17.6 Å². The highest BCUT2D eigenvalue weighted by atomic mass is 19.1. The molecule has 0 spiro atoms. The molecule has 0 bridgehead atoms. The zero-order valence-corrected chi connectivity index (χ0v) is 20.9. The van der Waals surface area contributed by atoms with Crippen molar-refractivity contribution in [1.82, 2.24) is 4.98 Å². The summed E-state index contributed by atoms with van der Waals surface area (Å²) in [6.45, 7) is 2.27. The smallest absolute Gasteiger partial charge is 0.314 e. The number of hydrogen-bond acceptors (Lipinski definition) is 3. The highest BCUT2D eigenvalue weighted by Crippen LogP contribution is 2.33. The Morgan fingerprint density at radius 2 is 1.56 bits per heavy atom. The first-order valence-corrected chi connectivity index (χ1v) is 13.5. The van der Waals surface area contributed by atoms with Crippen molar-refractivity contribution in [2.45, 2.75) is 103 Å². The van der Waals surface area contributed by atoms with Gasteiger partial charge in [-0.3, -0.25) is 9.78 Å². The lowest BCUT2D eigenvalue weighted by atomic mass is 9.80. The van der Waals surface area contributed by atoms with Crippen molar-refractivity contribution in [3.63, 3.8) is 0 Å². The zero-order valence-electron chi connectivity index (χ0n) is 20.9. The van der Waals surface area contributed by atoms with E-state index in [4.69, 9.17) is 4.74 Å². The molecule has 0 unspecified atom stereocenters. The molecule has 1 aromatic carbocycles. The Labute approximate surface area is 205 Å². The zero-order chi connectivity index (χ0) is 24.0. The van der Waals surface area contributed by atoms with Crippen LogP contribution >= 0.6 is 0 Å². The minimum absolute atomic E-state index is 0.0213. The highest BCUT2D eigenvalue weighted by molar-refractivity contribution is 5.75. The van der Waals surface area contributed by atoms with Crippen molar-refractivity contribution < 1.29 is 13.9 Å². The number of esters is 1. The quantitative estimate of drug-likeness (QED) is 0.207. The molecule has 1 aliphatic rings. The first-order chi connectivity index (χ1) is 16.6. The van der Waals surface area contributed by atoms with E-state index in [1.807, 2.05) is 12.1 Å². The van der Waals surface area contributed by atoms with Gasteiger partial charge in [-0.05, 0) is 74.3 Å². The van der Waals surface area contributed by atoms with Crippen LogP contribution in [0.3, 0.4) is 0 Å². The van der Waals surface area contributed by atoms with E-state index in [-0.39, 0.29) is 17.7 Å². The van der Waals surface area contributed by atoms with Crippen LogP contribution in [0.15, 0.2) is 42.6 Å². The number of hydrogen-bond donors (Lipinski definition) is 0. The Balaban J connectivity index is 1.29. The Bertz CT molecular complexity index is 826. The van der Waals surface area contributed by atoms with Gasteiger partial charge in [-0.15, -0.1) is 0 Å². The minimum atomic E-state index is -0.218. The number of rotatable bonds is 14. The van der Waals surface area contributed by atoms with Gasteiger partial charge in [0, 0.05) is 5.69 Å². The molecule has 1 aromatic heterocycles. The van der Waals surface area contributed by atoms with Gasteiger partial charge < -0.3 is 4.74 Å². The number of halogens is 1. The molecule has 1 aliphatic carbocycles. The molecular weight excluding hydrogens is 425 g/mol. The first kappa shape index (κ1) is 26.4. The number of ether oxygens (including phenoxy) is 1. The van der Waals surface area contributed by atoms with Crippen molar-refractivity contribution >= 4 is 5.97 Å². The third-order valence-corrected chi connectivity index (χ3v) is 7.25. The number of benzene rings is 1. The number of carbonyl (C=O) groups is 1. The van der Waals surface area contributed by atoms with Crippen molar-refractivity contribution in [3.05, 3.63) is 59.7 Å². The lowest BCUT2D eigenvalue weighted by Crippen LogP contribution is -2.25. The Morgan fingerprint density at radius 1 is 0.882 bits per heavy atom. The van der Waals surface area contributed by atoms with E-state index in [0.717, 1.165) is 55.7 Å². The average Bonchev–Trinajstić information content (AvgIpc) is 2.86. The van der Waals surface area contributed by atoms with E-state index in [0.29, 0.717) is 5.75 Å². The summed E-state index contributed by atoms with van der Waals surface area (Å²) < 4.78 is 18.6. The van der Waals surface area contributed by atoms with E-state index in [9.17, 15) is 9.18 Å². The van der Waals surface area contributed by atoms with E-state index in [1.54, 1.807) is 18.3 Å². The van der Waals surface area contributed by atoms with Gasteiger partial charge >= 0.3 is 5.97 Å². The fourth-order valence-corrected chi connectivity index (χ4v) is 5.00. The van der Waals surface area contributed by atoms with Crippen LogP contribution in [0.5, 0.6) is 5.75 Å². The second-order valence-corrected chi connectivity index (χ2v) is 10.0. The van der Waals surface area contributed by atoms with Gasteiger partial charge in [0.15, 0.2) is 0 Å². The van der Waals surface area contributed by atoms with Gasteiger partial charge in [0.05, 0.1) is 12.1 Å². The molecule has 0 saturated heterocycles. The van der Waals surface area contributed by atoms with Crippen LogP contribution in [0, 0.1) is 17.7 Å². The Hall–Kier alpha value is -2.23. The minimum Gasteiger partial charge on any atom is -0.425 e. The molecular formula is C30H42FNO2. The summed E-state index contributed by atoms with van der Waals surface area (Å²) in [5.41, 5.74) is 2.02. The Morgan fingerprint density at radius 3 is 2.21 bits per heavy atom. The maximum Gasteiger partial charge on any atom is 0.314 e. The summed E-state index contributed by atoms with van der Waals surface area (Å²) >= 11 is 0. The molecule has 34 heavy (non-hydrogen) atoms. The second kappa shape index (κ2) is 14.9. The number of aryl methyl sites for hydroxylation is 2. The maximum atomic E-state index is 13.0. The van der Waals surface area contributed by atoms with Gasteiger partial charge in [-0.2, -0.15) is 0 Å². The first-order valence-electron chi connectivity index (χ1n) is 13.5. The lowest BCUT2D eigenvalue weighted by Gasteiger charge is -2.27. The van der Waals surface area contributed by atoms with Crippen LogP contribution in [0.25, 0.3) is 0 Å². The van der Waals surface area contributed by atoms with Crippen molar-refractivity contribution in [2.75, 3.05) is 0 Å². The standard InChI is InChI=1S/C30H42FNO2/c1-2-3-4-5-6-7-8-9-10-24-11-16-26(17-12-24)30(33)34-29-22-21-28(32-23-29)20-15-25-13-18-27(31)19-14-25/h13-14,18-19,21-24,26H,2-12,15-17,20H2,1H3/t24-,26-. The summed E-state index contributed by atoms with van der Waals surface area (Å²) in [7, 11) is 0. The van der Waals surface area contributed by atoms with Crippen molar-refractivity contribution in [3.8, 4) is 5.75 Å². The summed E-state index contributed by atoms with van der Waals surface area (Å²) in [5.74, 6) is 1.01. The van der Waals surface area contributed by atoms with Crippen LogP contribution in [-0.4, -0.2) is 11.0 Å². The molecule has 1 fully saturated rings. The molecule has 0 radical (unpaired) electrons. The van der Waals surface area contributed by atoms with Gasteiger partial charge in [-0.25, -0.2) is 4.39 Å². The van der Waals surface area contributed by atoms with Crippen LogP contribution in [0.4, 0.5) is 4.39 Å². The number of unbranched alkanes of at least 4 members (excludes halogenated alkanes) is 7. The molecule has 0 N–H and O–H groups in total. The summed E-state index contributed by atoms with van der Waals surface area (Å²) in [5, 5.41) is 0. The molecule has 2 aromatic rings. The molecule has 0 atom stereocenters. The molecule has 1 heterocycles. The number of aromatic nitrogens is 1. The van der Waals surface area contributed by atoms with Crippen molar-refractivity contribution in [1.29, 1.82) is 0 Å². The number of pyridine rings is 1. The fraction of sp³-hybridized carbons (Fsp3) is 0.600. The van der Waals surface area contributed by atoms with Gasteiger partial charge in [0.2, 0.25) is 0 Å². The van der Waals surface area contributed by atoms with Crippen LogP contribution < -0.4 is 4.74 Å². The maximum absolute atomic E-state index is 13.0. The number of carbonyl (C=O) groups excluding carboxylic acids is 1. The van der Waals surface area contributed by atoms with E-state index >= 15 is 0 Å². The van der Waals surface area contributed by atoms with E-state index < -0.39 is 0 Å². The van der Waals surface area contributed by atoms with Gasteiger partial charge in [-0.1, -0.05) is 76.8 Å². The molecule has 4 heteroatoms. The topological polar surface area (TPSA) is 39.2 Å². The average molecular weight is 468 g/mol. The molecule has 186 valence electrons. The van der Waals surface area contributed by atoms with Crippen molar-refractivity contribution in [2.24, 2.45) is 11.8 Å². The molecule has 3 rings (SSSR count). The molecule has 0 aliphatic heterocycles. The summed E-state index contributed by atoms with van der Waals surface area (Å²) in [6, 6.07) is 10.3. The molecule has 0 amide bonds. The number of nitrogens with zero attached hydrogens (tertiary/aromatic N) is 1. The Kier molecular flexibility index (Phi) is 11.6. The third-order valence-electron chi connectivity index (χ3n) is 7.25. The van der Waals surface area contributed by atoms with E-state index in [1.165, 1.54) is 69.9 Å². The summed E-state index contributed by atoms with van der Waals surface area (Å²) in [6.07, 6.45) is 19.7. The predicted molar refractivity (Wildman–Crippen MR) is 136 cm³/mol. The second-order valence-electron chi connectivity index (χ2n) is 10.0. The summed E-state index contributed by atoms with van der Waals surface area (Å²) in [4.78, 5) is 17.1. The monoisotopic (exact) mass is 467 g/mol. The molecule has 1 saturated carbocycles. The fourth-order valence-electron chi connectivity index (χ4n) is 5.00. The largest absolute Gasteiger partial charge is 0.425 e.